The van der Waals surface area contributed by atoms with Gasteiger partial charge in [-0.2, -0.15) is 0 Å². The van der Waals surface area contributed by atoms with Crippen molar-refractivity contribution in [3.05, 3.63) is 201 Å². The smallest absolute Gasteiger partial charge is 0.238 e. The lowest BCUT2D eigenvalue weighted by Crippen LogP contribution is -2.41. The molecule has 2 aliphatic heterocycles. The predicted octanol–water partition coefficient (Wildman–Crippen LogP) is 8.07. The molecular formula is C49H34N2O4. The number of benzene rings is 6. The van der Waals surface area contributed by atoms with Crippen LogP contribution in [0, 0.1) is 23.7 Å². The molecule has 6 heteroatoms. The summed E-state index contributed by atoms with van der Waals surface area (Å²) in [5.41, 5.74) is 12.6. The molecule has 0 radical (unpaired) electrons. The first-order valence-electron chi connectivity index (χ1n) is 19.3. The van der Waals surface area contributed by atoms with Crippen LogP contribution in [0.5, 0.6) is 0 Å². The molecule has 14 rings (SSSR count). The summed E-state index contributed by atoms with van der Waals surface area (Å²) in [5.74, 6) is -2.69. The fourth-order valence-electron chi connectivity index (χ4n) is 11.6. The van der Waals surface area contributed by atoms with E-state index in [4.69, 9.17) is 0 Å². The normalized spacial score (nSPS) is 27.4. The minimum Gasteiger partial charge on any atom is -0.274 e. The van der Waals surface area contributed by atoms with E-state index in [-0.39, 0.29) is 47.3 Å². The van der Waals surface area contributed by atoms with Gasteiger partial charge in [-0.05, 0) is 86.3 Å². The van der Waals surface area contributed by atoms with E-state index in [1.807, 2.05) is 97.1 Å². The first-order valence-corrected chi connectivity index (χ1v) is 19.3. The minimum atomic E-state index is -0.417. The molecule has 2 saturated heterocycles. The highest BCUT2D eigenvalue weighted by molar-refractivity contribution is 6.24. The van der Waals surface area contributed by atoms with E-state index < -0.39 is 23.7 Å². The molecule has 6 nitrogen and oxygen atoms in total. The first-order chi connectivity index (χ1) is 27.0. The summed E-state index contributed by atoms with van der Waals surface area (Å²) < 4.78 is 0. The van der Waals surface area contributed by atoms with Crippen LogP contribution < -0.4 is 9.80 Å². The van der Waals surface area contributed by atoms with Gasteiger partial charge in [0.1, 0.15) is 0 Å². The molecular weight excluding hydrogens is 681 g/mol. The van der Waals surface area contributed by atoms with Crippen molar-refractivity contribution in [3.8, 4) is 0 Å². The average Bonchev–Trinajstić information content (AvgIpc) is 3.66. The highest BCUT2D eigenvalue weighted by Crippen LogP contribution is 2.63. The lowest BCUT2D eigenvalue weighted by atomic mass is 9.55. The number of carbonyl (C=O) groups is 4. The lowest BCUT2D eigenvalue weighted by Gasteiger charge is -2.45. The monoisotopic (exact) mass is 714 g/mol. The van der Waals surface area contributed by atoms with Crippen molar-refractivity contribution in [2.75, 3.05) is 9.80 Å². The van der Waals surface area contributed by atoms with Gasteiger partial charge < -0.3 is 0 Å². The summed E-state index contributed by atoms with van der Waals surface area (Å²) in [6.45, 7) is 0. The molecule has 2 fully saturated rings. The van der Waals surface area contributed by atoms with Crippen molar-refractivity contribution in [1.29, 1.82) is 0 Å². The highest BCUT2D eigenvalue weighted by atomic mass is 16.2. The van der Waals surface area contributed by atoms with E-state index >= 15 is 0 Å². The Balaban J connectivity index is 0.795. The quantitative estimate of drug-likeness (QED) is 0.173. The summed E-state index contributed by atoms with van der Waals surface area (Å²) in [6, 6.07) is 48.6. The van der Waals surface area contributed by atoms with Crippen molar-refractivity contribution < 1.29 is 19.2 Å². The van der Waals surface area contributed by atoms with E-state index in [1.54, 1.807) is 0 Å². The molecule has 0 spiro atoms. The molecule has 0 aromatic heterocycles. The molecule has 6 aromatic carbocycles. The zero-order valence-electron chi connectivity index (χ0n) is 29.7. The molecule has 6 aliphatic carbocycles. The Morgan fingerprint density at radius 1 is 0.309 bits per heavy atom. The van der Waals surface area contributed by atoms with E-state index in [9.17, 15) is 19.2 Å². The molecule has 0 saturated carbocycles. The largest absolute Gasteiger partial charge is 0.274 e. The van der Waals surface area contributed by atoms with Crippen molar-refractivity contribution >= 4 is 35.0 Å². The number of amides is 4. The van der Waals surface area contributed by atoms with Crippen LogP contribution in [0.3, 0.4) is 0 Å². The van der Waals surface area contributed by atoms with E-state index in [0.717, 1.165) is 55.6 Å². The van der Waals surface area contributed by atoms with Gasteiger partial charge in [-0.1, -0.05) is 121 Å². The van der Waals surface area contributed by atoms with Gasteiger partial charge in [-0.3, -0.25) is 19.2 Å². The second-order valence-electron chi connectivity index (χ2n) is 16.1. The summed E-state index contributed by atoms with van der Waals surface area (Å²) in [4.78, 5) is 59.7. The maximum Gasteiger partial charge on any atom is 0.238 e. The van der Waals surface area contributed by atoms with Crippen LogP contribution in [0.2, 0.25) is 0 Å². The molecule has 0 N–H and O–H groups in total. The molecule has 264 valence electrons. The Morgan fingerprint density at radius 2 is 0.527 bits per heavy atom. The van der Waals surface area contributed by atoms with Crippen molar-refractivity contribution in [2.45, 2.75) is 30.1 Å². The van der Waals surface area contributed by atoms with Crippen molar-refractivity contribution in [1.82, 2.24) is 0 Å². The number of nitrogens with zero attached hydrogens (tertiary/aromatic N) is 2. The number of hydrogen-bond acceptors (Lipinski definition) is 4. The predicted molar refractivity (Wildman–Crippen MR) is 208 cm³/mol. The summed E-state index contributed by atoms with van der Waals surface area (Å²) in [5, 5.41) is 0. The Hall–Kier alpha value is -6.40. The fraction of sp³-hybridized carbons (Fsp3) is 0.184. The highest BCUT2D eigenvalue weighted by Gasteiger charge is 2.63. The maximum absolute atomic E-state index is 14.2. The molecule has 4 bridgehead atoms. The van der Waals surface area contributed by atoms with Crippen molar-refractivity contribution in [3.63, 3.8) is 0 Å². The van der Waals surface area contributed by atoms with Gasteiger partial charge in [-0.15, -0.1) is 0 Å². The number of rotatable bonds is 4. The van der Waals surface area contributed by atoms with Crippen LogP contribution in [-0.2, 0) is 25.6 Å². The number of imide groups is 2. The first kappa shape index (κ1) is 31.0. The Labute approximate surface area is 318 Å². The van der Waals surface area contributed by atoms with Crippen LogP contribution in [0.15, 0.2) is 146 Å². The molecule has 4 amide bonds. The zero-order valence-corrected chi connectivity index (χ0v) is 29.7. The average molecular weight is 715 g/mol. The van der Waals surface area contributed by atoms with Gasteiger partial charge in [0.2, 0.25) is 23.6 Å². The molecule has 2 heterocycles. The lowest BCUT2D eigenvalue weighted by molar-refractivity contribution is -0.124. The number of carbonyl (C=O) groups excluding carboxylic acids is 4. The van der Waals surface area contributed by atoms with Crippen LogP contribution >= 0.6 is 0 Å². The van der Waals surface area contributed by atoms with Crippen LogP contribution in [0.4, 0.5) is 11.4 Å². The number of anilines is 2. The van der Waals surface area contributed by atoms with Crippen LogP contribution in [-0.4, -0.2) is 23.6 Å². The van der Waals surface area contributed by atoms with Gasteiger partial charge in [0.25, 0.3) is 0 Å². The van der Waals surface area contributed by atoms with E-state index in [2.05, 4.69) is 48.5 Å². The number of hydrogen-bond donors (Lipinski definition) is 0. The van der Waals surface area contributed by atoms with E-state index in [1.165, 1.54) is 9.80 Å². The molecule has 6 aromatic rings. The maximum atomic E-state index is 14.2. The van der Waals surface area contributed by atoms with Crippen LogP contribution in [0.1, 0.15) is 79.3 Å². The second-order valence-corrected chi connectivity index (χ2v) is 16.1. The van der Waals surface area contributed by atoms with Gasteiger partial charge in [0.15, 0.2) is 0 Å². The summed E-state index contributed by atoms with van der Waals surface area (Å²) >= 11 is 0. The van der Waals surface area contributed by atoms with Crippen molar-refractivity contribution in [2.24, 2.45) is 23.7 Å². The third kappa shape index (κ3) is 3.98. The van der Waals surface area contributed by atoms with Crippen LogP contribution in [0.25, 0.3) is 0 Å². The standard InChI is InChI=1S/C49H34N2O4/c52-46-42-38-30-9-1-2-10-31(30)39(33-12-4-3-11-32(33)38)43(42)47(53)50(46)28-21-17-26(18-22-28)25-27-19-23-29(24-20-27)51-48(54)44-40-34-13-5-6-14-35(34)41(45(44)49(51)55)37-16-8-7-15-36(37)40/h1-24,38-45H,25H2/t38?,39?,40?,41?,42-,43-,44-,45+/m1/s1. The van der Waals surface area contributed by atoms with Gasteiger partial charge in [0.05, 0.1) is 35.0 Å². The Kier molecular flexibility index (Phi) is 6.24. The molecule has 0 unspecified atom stereocenters. The summed E-state index contributed by atoms with van der Waals surface area (Å²) in [7, 11) is 0. The zero-order chi connectivity index (χ0) is 36.7. The molecule has 4 atom stereocenters. The Morgan fingerprint density at radius 3 is 0.745 bits per heavy atom. The second kappa shape index (κ2) is 11.1. The van der Waals surface area contributed by atoms with Gasteiger partial charge in [-0.25, -0.2) is 9.80 Å². The van der Waals surface area contributed by atoms with Gasteiger partial charge in [0, 0.05) is 23.7 Å². The molecule has 8 aliphatic rings. The Bertz CT molecular complexity index is 2270. The summed E-state index contributed by atoms with van der Waals surface area (Å²) in [6.07, 6.45) is 0.615. The van der Waals surface area contributed by atoms with E-state index in [0.29, 0.717) is 17.8 Å². The van der Waals surface area contributed by atoms with Gasteiger partial charge >= 0.3 is 0 Å². The molecule has 55 heavy (non-hydrogen) atoms. The third-order valence-corrected chi connectivity index (χ3v) is 13.7. The minimum absolute atomic E-state index is 0.121. The topological polar surface area (TPSA) is 74.8 Å². The SMILES string of the molecule is O=C1[C@@H]2C3c4ccccc4C(c4ccccc43)[C@H]2C(=O)N1c1ccc(Cc2ccc(N3C(=O)[C@@H]4C5c6ccccc6C(c6ccccc65)[C@@H]4C3=O)cc2)cc1. The fourth-order valence-corrected chi connectivity index (χ4v) is 11.6. The third-order valence-electron chi connectivity index (χ3n) is 13.7.